The number of benzene rings is 3. The minimum atomic E-state index is 0.359. The highest BCUT2D eigenvalue weighted by atomic mass is 16.5. The van der Waals surface area contributed by atoms with Crippen LogP contribution < -0.4 is 33.2 Å². The van der Waals surface area contributed by atoms with E-state index in [4.69, 9.17) is 33.2 Å². The average Bonchev–Trinajstić information content (AvgIpc) is 2.89. The molecule has 0 N–H and O–H groups in total. The third kappa shape index (κ3) is 5.60. The van der Waals surface area contributed by atoms with E-state index in [1.807, 2.05) is 42.5 Å². The lowest BCUT2D eigenvalue weighted by Gasteiger charge is -2.16. The van der Waals surface area contributed by atoms with E-state index in [-0.39, 0.29) is 0 Å². The first-order valence-corrected chi connectivity index (χ1v) is 10.9. The molecule has 0 aliphatic rings. The van der Waals surface area contributed by atoms with Crippen molar-refractivity contribution in [2.45, 2.75) is 19.4 Å². The van der Waals surface area contributed by atoms with Gasteiger partial charge in [0, 0.05) is 0 Å². The molecule has 3 rings (SSSR count). The molecule has 0 atom stereocenters. The maximum atomic E-state index is 6.19. The van der Waals surface area contributed by atoms with E-state index in [2.05, 4.69) is 6.07 Å². The minimum Gasteiger partial charge on any atom is -0.493 e. The maximum Gasteiger partial charge on any atom is 0.203 e. The Bertz CT molecular complexity index is 958. The van der Waals surface area contributed by atoms with Crippen LogP contribution in [0.15, 0.2) is 48.5 Å². The zero-order valence-corrected chi connectivity index (χ0v) is 20.6. The third-order valence-corrected chi connectivity index (χ3v) is 5.50. The molecule has 0 amide bonds. The summed E-state index contributed by atoms with van der Waals surface area (Å²) in [5.74, 6) is 4.44. The number of aryl methyl sites for hydroxylation is 2. The molecule has 182 valence electrons. The van der Waals surface area contributed by atoms with E-state index in [0.717, 1.165) is 35.3 Å². The number of hydrogen-bond acceptors (Lipinski definition) is 7. The molecule has 0 radical (unpaired) electrons. The van der Waals surface area contributed by atoms with Gasteiger partial charge in [0.1, 0.15) is 12.4 Å². The molecule has 0 aromatic heterocycles. The SMILES string of the molecule is COc1cc(CCc2ccccc2OCc2cc(OC)c(OC)c(OC)c2)cc(OC)c1OC. The van der Waals surface area contributed by atoms with Crippen LogP contribution in [0.4, 0.5) is 0 Å². The molecule has 0 saturated carbocycles. The van der Waals surface area contributed by atoms with Crippen LogP contribution in [0, 0.1) is 0 Å². The van der Waals surface area contributed by atoms with Crippen LogP contribution in [-0.2, 0) is 19.4 Å². The Morgan fingerprint density at radius 3 is 1.44 bits per heavy atom. The van der Waals surface area contributed by atoms with Crippen molar-refractivity contribution in [1.82, 2.24) is 0 Å². The molecule has 0 spiro atoms. The summed E-state index contributed by atoms with van der Waals surface area (Å²) in [6.45, 7) is 0.359. The summed E-state index contributed by atoms with van der Waals surface area (Å²) >= 11 is 0. The van der Waals surface area contributed by atoms with E-state index in [9.17, 15) is 0 Å². The van der Waals surface area contributed by atoms with E-state index < -0.39 is 0 Å². The summed E-state index contributed by atoms with van der Waals surface area (Å²) < 4.78 is 38.9. The predicted molar refractivity (Wildman–Crippen MR) is 130 cm³/mol. The number of rotatable bonds is 12. The Balaban J connectivity index is 1.76. The van der Waals surface area contributed by atoms with Gasteiger partial charge in [0.05, 0.1) is 42.7 Å². The van der Waals surface area contributed by atoms with Crippen molar-refractivity contribution in [3.05, 3.63) is 65.2 Å². The van der Waals surface area contributed by atoms with Gasteiger partial charge in [-0.2, -0.15) is 0 Å². The Labute approximate surface area is 201 Å². The molecule has 0 aliphatic carbocycles. The van der Waals surface area contributed by atoms with Gasteiger partial charge in [-0.05, 0) is 59.9 Å². The fourth-order valence-corrected chi connectivity index (χ4v) is 3.79. The van der Waals surface area contributed by atoms with Crippen molar-refractivity contribution >= 4 is 0 Å². The Morgan fingerprint density at radius 1 is 0.500 bits per heavy atom. The van der Waals surface area contributed by atoms with Gasteiger partial charge in [-0.15, -0.1) is 0 Å². The van der Waals surface area contributed by atoms with Crippen LogP contribution in [0.5, 0.6) is 40.2 Å². The molecule has 0 heterocycles. The lowest BCUT2D eigenvalue weighted by atomic mass is 10.0. The summed E-state index contributed by atoms with van der Waals surface area (Å²) in [7, 11) is 9.62. The van der Waals surface area contributed by atoms with Crippen molar-refractivity contribution in [3.8, 4) is 40.2 Å². The van der Waals surface area contributed by atoms with Gasteiger partial charge < -0.3 is 33.2 Å². The topological polar surface area (TPSA) is 64.6 Å². The highest BCUT2D eigenvalue weighted by Gasteiger charge is 2.15. The maximum absolute atomic E-state index is 6.19. The second-order valence-electron chi connectivity index (χ2n) is 7.46. The molecular formula is C27H32O7. The monoisotopic (exact) mass is 468 g/mol. The van der Waals surface area contributed by atoms with Gasteiger partial charge in [0.15, 0.2) is 23.0 Å². The van der Waals surface area contributed by atoms with Crippen molar-refractivity contribution in [3.63, 3.8) is 0 Å². The van der Waals surface area contributed by atoms with E-state index in [1.165, 1.54) is 0 Å². The minimum absolute atomic E-state index is 0.359. The summed E-state index contributed by atoms with van der Waals surface area (Å²) in [6, 6.07) is 15.7. The molecule has 3 aromatic carbocycles. The zero-order chi connectivity index (χ0) is 24.5. The molecule has 0 aliphatic heterocycles. The van der Waals surface area contributed by atoms with Crippen LogP contribution in [0.1, 0.15) is 16.7 Å². The van der Waals surface area contributed by atoms with Crippen molar-refractivity contribution in [1.29, 1.82) is 0 Å². The lowest BCUT2D eigenvalue weighted by molar-refractivity contribution is 0.296. The predicted octanol–water partition coefficient (Wildman–Crippen LogP) is 5.10. The normalized spacial score (nSPS) is 10.4. The molecule has 0 fully saturated rings. The van der Waals surface area contributed by atoms with Gasteiger partial charge in [-0.1, -0.05) is 18.2 Å². The van der Waals surface area contributed by atoms with Crippen molar-refractivity contribution in [2.75, 3.05) is 42.7 Å². The van der Waals surface area contributed by atoms with Gasteiger partial charge in [-0.3, -0.25) is 0 Å². The van der Waals surface area contributed by atoms with E-state index in [1.54, 1.807) is 42.7 Å². The zero-order valence-electron chi connectivity index (χ0n) is 20.6. The smallest absolute Gasteiger partial charge is 0.203 e. The summed E-state index contributed by atoms with van der Waals surface area (Å²) in [5.41, 5.74) is 3.09. The van der Waals surface area contributed by atoms with Gasteiger partial charge in [0.25, 0.3) is 0 Å². The molecular weight excluding hydrogens is 436 g/mol. The first kappa shape index (κ1) is 24.9. The first-order chi connectivity index (χ1) is 16.6. The highest BCUT2D eigenvalue weighted by Crippen LogP contribution is 2.39. The van der Waals surface area contributed by atoms with Crippen molar-refractivity contribution in [2.24, 2.45) is 0 Å². The number of methoxy groups -OCH3 is 6. The van der Waals surface area contributed by atoms with Gasteiger partial charge in [0.2, 0.25) is 11.5 Å². The summed E-state index contributed by atoms with van der Waals surface area (Å²) in [6.07, 6.45) is 1.56. The van der Waals surface area contributed by atoms with Crippen LogP contribution >= 0.6 is 0 Å². The number of hydrogen-bond donors (Lipinski definition) is 0. The lowest BCUT2D eigenvalue weighted by Crippen LogP contribution is -2.02. The quantitative estimate of drug-likeness (QED) is 0.366. The Morgan fingerprint density at radius 2 is 0.971 bits per heavy atom. The van der Waals surface area contributed by atoms with Crippen LogP contribution in [0.2, 0.25) is 0 Å². The molecule has 34 heavy (non-hydrogen) atoms. The molecule has 0 bridgehead atoms. The third-order valence-electron chi connectivity index (χ3n) is 5.50. The van der Waals surface area contributed by atoms with Crippen LogP contribution in [-0.4, -0.2) is 42.7 Å². The van der Waals surface area contributed by atoms with Crippen molar-refractivity contribution < 1.29 is 33.2 Å². The average molecular weight is 469 g/mol. The second kappa shape index (κ2) is 11.9. The molecule has 0 saturated heterocycles. The van der Waals surface area contributed by atoms with Gasteiger partial charge in [-0.25, -0.2) is 0 Å². The molecule has 3 aromatic rings. The standard InChI is InChI=1S/C27H32O7/c1-28-22-13-18(14-23(29-2)26(22)32-5)11-12-20-9-7-8-10-21(20)34-17-19-15-24(30-3)27(33-6)25(16-19)31-4/h7-10,13-16H,11-12,17H2,1-6H3. The first-order valence-electron chi connectivity index (χ1n) is 10.9. The summed E-state index contributed by atoms with van der Waals surface area (Å²) in [4.78, 5) is 0. The van der Waals surface area contributed by atoms with Crippen LogP contribution in [0.3, 0.4) is 0 Å². The Hall–Kier alpha value is -3.74. The van der Waals surface area contributed by atoms with Gasteiger partial charge >= 0.3 is 0 Å². The fourth-order valence-electron chi connectivity index (χ4n) is 3.79. The Kier molecular flexibility index (Phi) is 8.73. The van der Waals surface area contributed by atoms with E-state index >= 15 is 0 Å². The number of para-hydroxylation sites is 1. The second-order valence-corrected chi connectivity index (χ2v) is 7.46. The fraction of sp³-hybridized carbons (Fsp3) is 0.333. The highest BCUT2D eigenvalue weighted by molar-refractivity contribution is 5.55. The van der Waals surface area contributed by atoms with Crippen LogP contribution in [0.25, 0.3) is 0 Å². The molecule has 7 nitrogen and oxygen atoms in total. The molecule has 7 heteroatoms. The summed E-state index contributed by atoms with van der Waals surface area (Å²) in [5, 5.41) is 0. The molecule has 0 unspecified atom stereocenters. The largest absolute Gasteiger partial charge is 0.493 e. The van der Waals surface area contributed by atoms with E-state index in [0.29, 0.717) is 41.1 Å². The number of ether oxygens (including phenoxy) is 7.